The van der Waals surface area contributed by atoms with Crippen LogP contribution in [0.25, 0.3) is 0 Å². The third kappa shape index (κ3) is 35.9. The molecule has 0 radical (unpaired) electrons. The first-order valence-electron chi connectivity index (χ1n) is 19.9. The third-order valence-corrected chi connectivity index (χ3v) is 7.55. The van der Waals surface area contributed by atoms with E-state index in [4.69, 9.17) is 0 Å². The van der Waals surface area contributed by atoms with Crippen molar-refractivity contribution in [1.82, 2.24) is 26.6 Å². The second-order valence-corrected chi connectivity index (χ2v) is 14.8. The first-order chi connectivity index (χ1) is 23.1. The predicted molar refractivity (Wildman–Crippen MR) is 225 cm³/mol. The van der Waals surface area contributed by atoms with Gasteiger partial charge in [0.25, 0.3) is 0 Å². The predicted octanol–water partition coefficient (Wildman–Crippen LogP) is 11.2. The van der Waals surface area contributed by atoms with Gasteiger partial charge in [0.2, 0.25) is 0 Å². The average molecular weight is 686 g/mol. The van der Waals surface area contributed by atoms with Gasteiger partial charge in [0.15, 0.2) is 0 Å². The zero-order valence-electron chi connectivity index (χ0n) is 35.7. The second-order valence-electron chi connectivity index (χ2n) is 14.8. The van der Waals surface area contributed by atoms with E-state index in [9.17, 15) is 0 Å². The minimum atomic E-state index is 0.501. The van der Waals surface area contributed by atoms with Gasteiger partial charge < -0.3 is 26.6 Å². The van der Waals surface area contributed by atoms with Crippen molar-refractivity contribution in [2.45, 2.75) is 204 Å². The Labute approximate surface area is 308 Å². The summed E-state index contributed by atoms with van der Waals surface area (Å²) in [6.45, 7) is 38.3. The van der Waals surface area contributed by atoms with Gasteiger partial charge in [-0.05, 0) is 63.6 Å². The molecule has 5 heteroatoms. The largest absolute Gasteiger partial charge is 0.315 e. The van der Waals surface area contributed by atoms with E-state index in [0.29, 0.717) is 54.4 Å². The maximum Gasteiger partial charge on any atom is 0.0319 e. The molecule has 288 valence electrons. The Morgan fingerprint density at radius 1 is 0.388 bits per heavy atom. The van der Waals surface area contributed by atoms with Crippen LogP contribution in [0.4, 0.5) is 0 Å². The Bertz CT molecular complexity index is 829. The summed E-state index contributed by atoms with van der Waals surface area (Å²) in [6, 6.07) is 26.6. The SMILES string of the molecule is CCCNC(C)C.CC[C@@H](C)NC(C)C.CC[C@@H](NC(C)C)c1ccccc1.CC[C@H](C)NC(C)C.CC[C@H](NC(C)C)c1ccccc1. The van der Waals surface area contributed by atoms with Gasteiger partial charge >= 0.3 is 0 Å². The highest BCUT2D eigenvalue weighted by molar-refractivity contribution is 5.19. The summed E-state index contributed by atoms with van der Waals surface area (Å²) in [5, 5.41) is 17.2. The molecule has 0 heterocycles. The first-order valence-corrected chi connectivity index (χ1v) is 19.9. The van der Waals surface area contributed by atoms with Gasteiger partial charge in [0, 0.05) is 54.4 Å². The van der Waals surface area contributed by atoms with Crippen LogP contribution in [0.2, 0.25) is 0 Å². The minimum Gasteiger partial charge on any atom is -0.315 e. The zero-order chi connectivity index (χ0) is 38.2. The number of hydrogen-bond donors (Lipinski definition) is 5. The van der Waals surface area contributed by atoms with Crippen LogP contribution >= 0.6 is 0 Å². The van der Waals surface area contributed by atoms with Gasteiger partial charge in [0.1, 0.15) is 0 Å². The van der Waals surface area contributed by atoms with E-state index in [1.807, 2.05) is 0 Å². The highest BCUT2D eigenvalue weighted by atomic mass is 14.9. The number of rotatable bonds is 17. The van der Waals surface area contributed by atoms with Crippen molar-refractivity contribution in [3.05, 3.63) is 71.8 Å². The molecule has 2 aromatic rings. The normalized spacial score (nSPS) is 13.3. The van der Waals surface area contributed by atoms with Crippen molar-refractivity contribution in [2.75, 3.05) is 6.54 Å². The molecule has 2 aromatic carbocycles. The molecule has 2 rings (SSSR count). The third-order valence-electron chi connectivity index (χ3n) is 7.55. The van der Waals surface area contributed by atoms with Crippen molar-refractivity contribution in [3.8, 4) is 0 Å². The Balaban J connectivity index is -0.000000555. The van der Waals surface area contributed by atoms with Crippen molar-refractivity contribution < 1.29 is 0 Å². The summed E-state index contributed by atoms with van der Waals surface area (Å²) in [5.74, 6) is 0. The van der Waals surface area contributed by atoms with E-state index in [1.165, 1.54) is 30.4 Å². The maximum atomic E-state index is 3.55. The van der Waals surface area contributed by atoms with Crippen LogP contribution in [-0.2, 0) is 0 Å². The minimum absolute atomic E-state index is 0.501. The van der Waals surface area contributed by atoms with Crippen molar-refractivity contribution in [3.63, 3.8) is 0 Å². The van der Waals surface area contributed by atoms with E-state index in [2.05, 4.69) is 205 Å². The van der Waals surface area contributed by atoms with Crippen LogP contribution in [0.5, 0.6) is 0 Å². The van der Waals surface area contributed by atoms with Gasteiger partial charge in [0.05, 0.1) is 0 Å². The fourth-order valence-electron chi connectivity index (χ4n) is 4.88. The number of benzene rings is 2. The molecule has 0 saturated carbocycles. The second kappa shape index (κ2) is 34.7. The highest BCUT2D eigenvalue weighted by Crippen LogP contribution is 2.17. The molecular weight excluding hydrogens is 599 g/mol. The van der Waals surface area contributed by atoms with Gasteiger partial charge in [-0.2, -0.15) is 0 Å². The molecule has 0 aliphatic rings. The van der Waals surface area contributed by atoms with Gasteiger partial charge in [-0.3, -0.25) is 0 Å². The standard InChI is InChI=1S/2C12H19N.2C7H17N.C6H15N/c2*1-4-12(13-10(2)3)11-8-6-5-7-9-11;2*1-5-7(4)8-6(2)3;1-4-5-7-6(2)3/h2*5-10,12-13H,4H2,1-3H3;2*6-8H,5H2,1-4H3;6-7H,4-5H2,1-3H3/t2*12-;2*7-;/m1010./s1. The van der Waals surface area contributed by atoms with Crippen LogP contribution in [0.3, 0.4) is 0 Å². The fraction of sp³-hybridized carbons (Fsp3) is 0.727. The smallest absolute Gasteiger partial charge is 0.0319 e. The molecule has 0 aliphatic heterocycles. The van der Waals surface area contributed by atoms with Crippen LogP contribution in [-0.4, -0.2) is 48.8 Å². The Morgan fingerprint density at radius 3 is 0.857 bits per heavy atom. The molecule has 4 atom stereocenters. The molecule has 0 saturated heterocycles. The lowest BCUT2D eigenvalue weighted by Crippen LogP contribution is -2.31. The van der Waals surface area contributed by atoms with Gasteiger partial charge in [-0.25, -0.2) is 0 Å². The molecule has 0 aromatic heterocycles. The summed E-state index contributed by atoms with van der Waals surface area (Å²) < 4.78 is 0. The molecule has 0 bridgehead atoms. The van der Waals surface area contributed by atoms with Crippen LogP contribution < -0.4 is 26.6 Å². The van der Waals surface area contributed by atoms with E-state index in [-0.39, 0.29) is 0 Å². The molecule has 0 spiro atoms. The molecule has 49 heavy (non-hydrogen) atoms. The Kier molecular flexibility index (Phi) is 36.5. The van der Waals surface area contributed by atoms with Gasteiger partial charge in [-0.15, -0.1) is 0 Å². The van der Waals surface area contributed by atoms with Crippen LogP contribution in [0.1, 0.15) is 173 Å². The van der Waals surface area contributed by atoms with E-state index in [0.717, 1.165) is 19.4 Å². The number of nitrogens with one attached hydrogen (secondary N) is 5. The van der Waals surface area contributed by atoms with Crippen molar-refractivity contribution >= 4 is 0 Å². The van der Waals surface area contributed by atoms with Gasteiger partial charge in [-0.1, -0.05) is 165 Å². The van der Waals surface area contributed by atoms with E-state index >= 15 is 0 Å². The number of hydrogen-bond acceptors (Lipinski definition) is 5. The van der Waals surface area contributed by atoms with Crippen LogP contribution in [0, 0.1) is 0 Å². The molecular formula is C44H87N5. The Morgan fingerprint density at radius 2 is 0.694 bits per heavy atom. The molecule has 0 fully saturated rings. The Hall–Kier alpha value is -1.76. The summed E-state index contributed by atoms with van der Waals surface area (Å²) in [4.78, 5) is 0. The molecule has 5 N–H and O–H groups in total. The highest BCUT2D eigenvalue weighted by Gasteiger charge is 2.09. The quantitative estimate of drug-likeness (QED) is 0.115. The molecule has 0 amide bonds. The lowest BCUT2D eigenvalue weighted by molar-refractivity contribution is 0.466. The summed E-state index contributed by atoms with van der Waals surface area (Å²) >= 11 is 0. The van der Waals surface area contributed by atoms with Crippen molar-refractivity contribution in [1.29, 1.82) is 0 Å². The average Bonchev–Trinajstić information content (AvgIpc) is 3.06. The van der Waals surface area contributed by atoms with Crippen LogP contribution in [0.15, 0.2) is 60.7 Å². The topological polar surface area (TPSA) is 60.1 Å². The monoisotopic (exact) mass is 686 g/mol. The summed E-state index contributed by atoms with van der Waals surface area (Å²) in [6.07, 6.45) is 5.96. The molecule has 0 aliphatic carbocycles. The zero-order valence-corrected chi connectivity index (χ0v) is 35.7. The van der Waals surface area contributed by atoms with Crippen molar-refractivity contribution in [2.24, 2.45) is 0 Å². The summed E-state index contributed by atoms with van der Waals surface area (Å²) in [5.41, 5.74) is 2.78. The molecule has 0 unspecified atom stereocenters. The van der Waals surface area contributed by atoms with E-state index in [1.54, 1.807) is 0 Å². The van der Waals surface area contributed by atoms with E-state index < -0.39 is 0 Å². The maximum absolute atomic E-state index is 3.55. The molecule has 5 nitrogen and oxygen atoms in total. The summed E-state index contributed by atoms with van der Waals surface area (Å²) in [7, 11) is 0. The lowest BCUT2D eigenvalue weighted by Gasteiger charge is -2.19. The first kappa shape index (κ1) is 51.6. The fourth-order valence-corrected chi connectivity index (χ4v) is 4.88. The lowest BCUT2D eigenvalue weighted by atomic mass is 10.0.